The molecule has 0 radical (unpaired) electrons. The minimum Gasteiger partial charge on any atom is -0.398 e. The van der Waals surface area contributed by atoms with Crippen LogP contribution < -0.4 is 5.73 Å². The van der Waals surface area contributed by atoms with Gasteiger partial charge < -0.3 is 5.73 Å². The number of rotatable bonds is 2. The van der Waals surface area contributed by atoms with Crippen molar-refractivity contribution < 1.29 is 8.42 Å². The molecule has 3 rings (SSSR count). The van der Waals surface area contributed by atoms with Crippen LogP contribution in [0.25, 0.3) is 0 Å². The van der Waals surface area contributed by atoms with Gasteiger partial charge in [-0.1, -0.05) is 30.3 Å². The zero-order valence-electron chi connectivity index (χ0n) is 10.1. The van der Waals surface area contributed by atoms with E-state index in [4.69, 9.17) is 5.73 Å². The zero-order valence-corrected chi connectivity index (χ0v) is 11.7. The molecular formula is C14H13NO2S2. The van der Waals surface area contributed by atoms with Crippen molar-refractivity contribution in [3.8, 4) is 0 Å². The van der Waals surface area contributed by atoms with Crippen molar-refractivity contribution >= 4 is 27.3 Å². The van der Waals surface area contributed by atoms with E-state index < -0.39 is 9.84 Å². The van der Waals surface area contributed by atoms with Gasteiger partial charge in [0.15, 0.2) is 9.84 Å². The summed E-state index contributed by atoms with van der Waals surface area (Å²) in [5.41, 5.74) is 7.49. The Kier molecular flexibility index (Phi) is 3.03. The van der Waals surface area contributed by atoms with Crippen molar-refractivity contribution in [2.24, 2.45) is 0 Å². The van der Waals surface area contributed by atoms with E-state index in [1.54, 1.807) is 12.1 Å². The predicted molar refractivity (Wildman–Crippen MR) is 77.9 cm³/mol. The Balaban J connectivity index is 1.99. The Morgan fingerprint density at radius 2 is 1.74 bits per heavy atom. The summed E-state index contributed by atoms with van der Waals surface area (Å²) < 4.78 is 24.2. The third kappa shape index (κ3) is 2.24. The normalized spacial score (nSPS) is 20.1. The second kappa shape index (κ2) is 4.58. The minimum absolute atomic E-state index is 0.0779. The number of anilines is 1. The van der Waals surface area contributed by atoms with Crippen molar-refractivity contribution in [1.82, 2.24) is 0 Å². The fourth-order valence-electron chi connectivity index (χ4n) is 2.25. The summed E-state index contributed by atoms with van der Waals surface area (Å²) in [7, 11) is -3.15. The fraction of sp³-hybridized carbons (Fsp3) is 0.143. The maximum absolute atomic E-state index is 12.1. The number of nitrogens with two attached hydrogens (primary N) is 1. The number of benzene rings is 2. The van der Waals surface area contributed by atoms with E-state index in [0.29, 0.717) is 10.6 Å². The van der Waals surface area contributed by atoms with Gasteiger partial charge in [0.05, 0.1) is 15.9 Å². The number of hydrogen-bond donors (Lipinski definition) is 1. The second-order valence-corrected chi connectivity index (χ2v) is 7.71. The number of fused-ring (bicyclic) bond motifs is 1. The first-order chi connectivity index (χ1) is 9.08. The molecule has 1 unspecified atom stereocenters. The number of para-hydroxylation sites is 1. The summed E-state index contributed by atoms with van der Waals surface area (Å²) in [6.07, 6.45) is 0. The van der Waals surface area contributed by atoms with Crippen LogP contribution in [-0.4, -0.2) is 14.2 Å². The lowest BCUT2D eigenvalue weighted by atomic mass is 10.2. The quantitative estimate of drug-likeness (QED) is 0.864. The molecule has 19 heavy (non-hydrogen) atoms. The predicted octanol–water partition coefficient (Wildman–Crippen LogP) is 2.89. The van der Waals surface area contributed by atoms with Crippen molar-refractivity contribution in [2.45, 2.75) is 15.0 Å². The van der Waals surface area contributed by atoms with Crippen molar-refractivity contribution in [1.29, 1.82) is 0 Å². The van der Waals surface area contributed by atoms with E-state index in [9.17, 15) is 8.42 Å². The molecule has 0 aromatic heterocycles. The third-order valence-corrected chi connectivity index (χ3v) is 6.52. The summed E-state index contributed by atoms with van der Waals surface area (Å²) in [6.45, 7) is 0. The van der Waals surface area contributed by atoms with Crippen LogP contribution in [0.1, 0.15) is 10.8 Å². The Morgan fingerprint density at radius 1 is 1.05 bits per heavy atom. The first-order valence-corrected chi connectivity index (χ1v) is 8.44. The van der Waals surface area contributed by atoms with Crippen molar-refractivity contribution in [3.63, 3.8) is 0 Å². The van der Waals surface area contributed by atoms with Crippen LogP contribution >= 0.6 is 11.8 Å². The molecule has 2 aromatic carbocycles. The summed E-state index contributed by atoms with van der Waals surface area (Å²) >= 11 is 1.52. The van der Waals surface area contributed by atoms with Gasteiger partial charge in [-0.3, -0.25) is 0 Å². The molecule has 0 spiro atoms. The maximum Gasteiger partial charge on any atom is 0.180 e. The van der Waals surface area contributed by atoms with Gasteiger partial charge in [-0.05, 0) is 23.8 Å². The Labute approximate surface area is 116 Å². The molecule has 0 amide bonds. The second-order valence-electron chi connectivity index (χ2n) is 4.46. The first kappa shape index (κ1) is 12.6. The summed E-state index contributed by atoms with van der Waals surface area (Å²) in [5, 5.41) is -0.0779. The standard InChI is InChI=1S/C14H13NO2S2/c15-11-6-2-3-7-12(11)18-13-9-19(16,17)14-8-4-1-5-10(13)14/h1-8,13H,9,15H2. The van der Waals surface area contributed by atoms with Crippen LogP contribution in [0, 0.1) is 0 Å². The van der Waals surface area contributed by atoms with Crippen LogP contribution in [0.2, 0.25) is 0 Å². The zero-order chi connectivity index (χ0) is 13.5. The molecule has 1 atom stereocenters. The van der Waals surface area contributed by atoms with E-state index >= 15 is 0 Å². The van der Waals surface area contributed by atoms with E-state index in [-0.39, 0.29) is 11.0 Å². The van der Waals surface area contributed by atoms with Gasteiger partial charge in [-0.15, -0.1) is 11.8 Å². The molecule has 0 saturated heterocycles. The number of thioether (sulfide) groups is 1. The molecule has 1 aliphatic rings. The molecule has 1 aliphatic heterocycles. The van der Waals surface area contributed by atoms with Crippen LogP contribution in [0.4, 0.5) is 5.69 Å². The van der Waals surface area contributed by atoms with E-state index in [1.807, 2.05) is 36.4 Å². The number of hydrogen-bond acceptors (Lipinski definition) is 4. The van der Waals surface area contributed by atoms with Gasteiger partial charge in [-0.25, -0.2) is 8.42 Å². The Hall–Kier alpha value is -1.46. The number of nitrogen functional groups attached to an aromatic ring is 1. The maximum atomic E-state index is 12.1. The fourth-order valence-corrected chi connectivity index (χ4v) is 5.74. The summed E-state index contributed by atoms with van der Waals surface area (Å²) in [4.78, 5) is 1.39. The van der Waals surface area contributed by atoms with E-state index in [1.165, 1.54) is 11.8 Å². The smallest absolute Gasteiger partial charge is 0.180 e. The van der Waals surface area contributed by atoms with Crippen molar-refractivity contribution in [3.05, 3.63) is 54.1 Å². The number of sulfone groups is 1. The molecule has 2 N–H and O–H groups in total. The Bertz CT molecular complexity index is 726. The molecule has 5 heteroatoms. The van der Waals surface area contributed by atoms with E-state index in [0.717, 1.165) is 10.5 Å². The van der Waals surface area contributed by atoms with Crippen molar-refractivity contribution in [2.75, 3.05) is 11.5 Å². The lowest BCUT2D eigenvalue weighted by molar-refractivity contribution is 0.600. The lowest BCUT2D eigenvalue weighted by Gasteiger charge is -2.11. The van der Waals surface area contributed by atoms with Gasteiger partial charge in [0.2, 0.25) is 0 Å². The molecule has 3 nitrogen and oxygen atoms in total. The first-order valence-electron chi connectivity index (χ1n) is 5.91. The molecular weight excluding hydrogens is 278 g/mol. The van der Waals surface area contributed by atoms with Gasteiger partial charge in [0.25, 0.3) is 0 Å². The molecule has 98 valence electrons. The molecule has 0 saturated carbocycles. The van der Waals surface area contributed by atoms with Gasteiger partial charge in [0.1, 0.15) is 0 Å². The average Bonchev–Trinajstić information content (AvgIpc) is 2.65. The largest absolute Gasteiger partial charge is 0.398 e. The van der Waals surface area contributed by atoms with E-state index in [2.05, 4.69) is 0 Å². The molecule has 0 bridgehead atoms. The van der Waals surface area contributed by atoms with Gasteiger partial charge in [-0.2, -0.15) is 0 Å². The highest BCUT2D eigenvalue weighted by Gasteiger charge is 2.35. The SMILES string of the molecule is Nc1ccccc1SC1CS(=O)(=O)c2ccccc21. The summed E-state index contributed by atoms with van der Waals surface area (Å²) in [6, 6.07) is 14.7. The van der Waals surface area contributed by atoms with Crippen LogP contribution in [0.15, 0.2) is 58.3 Å². The van der Waals surface area contributed by atoms with Crippen LogP contribution in [0.5, 0.6) is 0 Å². The van der Waals surface area contributed by atoms with Crippen LogP contribution in [-0.2, 0) is 9.84 Å². The average molecular weight is 291 g/mol. The molecule has 0 aliphatic carbocycles. The highest BCUT2D eigenvalue weighted by molar-refractivity contribution is 8.01. The summed E-state index contributed by atoms with van der Waals surface area (Å²) in [5.74, 6) is 0.144. The highest BCUT2D eigenvalue weighted by atomic mass is 32.2. The van der Waals surface area contributed by atoms with Gasteiger partial charge in [0, 0.05) is 10.6 Å². The lowest BCUT2D eigenvalue weighted by Crippen LogP contribution is -2.01. The topological polar surface area (TPSA) is 60.2 Å². The molecule has 2 aromatic rings. The highest BCUT2D eigenvalue weighted by Crippen LogP contribution is 2.45. The minimum atomic E-state index is -3.15. The molecule has 1 heterocycles. The Morgan fingerprint density at radius 3 is 2.53 bits per heavy atom. The monoisotopic (exact) mass is 291 g/mol. The van der Waals surface area contributed by atoms with Gasteiger partial charge >= 0.3 is 0 Å². The molecule has 0 fully saturated rings. The third-order valence-electron chi connectivity index (χ3n) is 3.16. The van der Waals surface area contributed by atoms with Crippen LogP contribution in [0.3, 0.4) is 0 Å².